The van der Waals surface area contributed by atoms with Crippen LogP contribution in [0.5, 0.6) is 0 Å². The number of ether oxygens (including phenoxy) is 1. The van der Waals surface area contributed by atoms with Gasteiger partial charge in [-0.05, 0) is 68.3 Å². The number of carbonyl (C=O) groups is 1. The number of aliphatic imine (C=N–C) groups is 1. The van der Waals surface area contributed by atoms with Crippen molar-refractivity contribution < 1.29 is 9.53 Å². The van der Waals surface area contributed by atoms with Gasteiger partial charge in [-0.3, -0.25) is 4.99 Å². The topological polar surface area (TPSA) is 41.9 Å². The van der Waals surface area contributed by atoms with Gasteiger partial charge in [-0.25, -0.2) is 4.79 Å². The average Bonchev–Trinajstić information content (AvgIpc) is 2.64. The molecule has 0 saturated carbocycles. The molecule has 26 heavy (non-hydrogen) atoms. The quantitative estimate of drug-likeness (QED) is 0.588. The van der Waals surface area contributed by atoms with E-state index in [-0.39, 0.29) is 11.5 Å². The molecule has 0 atom stereocenters. The smallest absolute Gasteiger partial charge is 0.337 e. The van der Waals surface area contributed by atoms with E-state index in [0.29, 0.717) is 5.56 Å². The average molecular weight is 348 g/mol. The second kappa shape index (κ2) is 6.79. The summed E-state index contributed by atoms with van der Waals surface area (Å²) in [6.45, 7) is 6.58. The fourth-order valence-electron chi connectivity index (χ4n) is 3.21. The van der Waals surface area contributed by atoms with Gasteiger partial charge in [0.05, 0.1) is 23.9 Å². The highest BCUT2D eigenvalue weighted by Crippen LogP contribution is 2.37. The van der Waals surface area contributed by atoms with Crippen molar-refractivity contribution >= 4 is 29.1 Å². The number of methoxy groups -OCH3 is 1. The van der Waals surface area contributed by atoms with Crippen molar-refractivity contribution in [2.45, 2.75) is 26.3 Å². The molecule has 1 heterocycles. The van der Waals surface area contributed by atoms with Crippen molar-refractivity contribution in [3.05, 3.63) is 65.2 Å². The first kappa shape index (κ1) is 17.9. The number of hydrogen-bond acceptors (Lipinski definition) is 4. The van der Waals surface area contributed by atoms with Crippen LogP contribution in [0.2, 0.25) is 0 Å². The standard InChI is InChI=1S/C22H24N2O2/c1-15-13-22(2,3)24(4)20-11-6-16(12-19(15)20)14-23-18-9-7-17(8-10-18)21(25)26-5/h6-14H,1-5H3. The lowest BCUT2D eigenvalue weighted by molar-refractivity contribution is 0.0601. The summed E-state index contributed by atoms with van der Waals surface area (Å²) in [5.74, 6) is -0.343. The molecule has 1 aliphatic heterocycles. The molecule has 2 aromatic rings. The van der Waals surface area contributed by atoms with Crippen molar-refractivity contribution in [3.63, 3.8) is 0 Å². The number of likely N-dealkylation sites (N-methyl/N-ethyl adjacent to an activating group) is 1. The highest BCUT2D eigenvalue weighted by molar-refractivity contribution is 5.90. The van der Waals surface area contributed by atoms with E-state index in [1.165, 1.54) is 23.9 Å². The number of carbonyl (C=O) groups excluding carboxylic acids is 1. The van der Waals surface area contributed by atoms with Crippen molar-refractivity contribution in [1.82, 2.24) is 0 Å². The molecule has 0 bridgehead atoms. The maximum Gasteiger partial charge on any atom is 0.337 e. The third-order valence-electron chi connectivity index (χ3n) is 4.89. The fourth-order valence-corrected chi connectivity index (χ4v) is 3.21. The van der Waals surface area contributed by atoms with Gasteiger partial charge in [0.1, 0.15) is 0 Å². The summed E-state index contributed by atoms with van der Waals surface area (Å²) >= 11 is 0. The Labute approximate surface area is 154 Å². The molecule has 2 aromatic carbocycles. The first-order valence-electron chi connectivity index (χ1n) is 8.62. The molecular weight excluding hydrogens is 324 g/mol. The predicted molar refractivity (Wildman–Crippen MR) is 108 cm³/mol. The van der Waals surface area contributed by atoms with E-state index in [9.17, 15) is 4.79 Å². The molecule has 4 nitrogen and oxygen atoms in total. The molecule has 0 aromatic heterocycles. The lowest BCUT2D eigenvalue weighted by Gasteiger charge is -2.40. The van der Waals surface area contributed by atoms with Gasteiger partial charge in [0, 0.05) is 24.5 Å². The molecule has 4 heteroatoms. The van der Waals surface area contributed by atoms with E-state index in [0.717, 1.165) is 11.3 Å². The zero-order chi connectivity index (χ0) is 18.9. The van der Waals surface area contributed by atoms with Crippen molar-refractivity contribution in [2.75, 3.05) is 19.1 Å². The van der Waals surface area contributed by atoms with Crippen LogP contribution in [0.15, 0.2) is 53.5 Å². The summed E-state index contributed by atoms with van der Waals surface area (Å²) in [5.41, 5.74) is 6.11. The number of anilines is 1. The van der Waals surface area contributed by atoms with Gasteiger partial charge in [-0.15, -0.1) is 0 Å². The Bertz CT molecular complexity index is 893. The summed E-state index contributed by atoms with van der Waals surface area (Å²) in [7, 11) is 3.50. The lowest BCUT2D eigenvalue weighted by Crippen LogP contribution is -2.42. The maximum atomic E-state index is 11.5. The van der Waals surface area contributed by atoms with Gasteiger partial charge in [0.2, 0.25) is 0 Å². The van der Waals surface area contributed by atoms with Crippen LogP contribution in [0.4, 0.5) is 11.4 Å². The molecule has 0 radical (unpaired) electrons. The second-order valence-corrected chi connectivity index (χ2v) is 7.11. The van der Waals surface area contributed by atoms with E-state index in [1.54, 1.807) is 12.1 Å². The van der Waals surface area contributed by atoms with Crippen LogP contribution in [0.1, 0.15) is 42.3 Å². The second-order valence-electron chi connectivity index (χ2n) is 7.11. The number of benzene rings is 2. The third kappa shape index (κ3) is 3.40. The molecule has 0 unspecified atom stereocenters. The Kier molecular flexibility index (Phi) is 4.68. The summed E-state index contributed by atoms with van der Waals surface area (Å²) < 4.78 is 4.70. The molecule has 3 rings (SSSR count). The molecular formula is C22H24N2O2. The van der Waals surface area contributed by atoms with E-state index in [4.69, 9.17) is 4.74 Å². The largest absolute Gasteiger partial charge is 0.465 e. The molecule has 0 aliphatic carbocycles. The number of nitrogens with zero attached hydrogens (tertiary/aromatic N) is 2. The number of allylic oxidation sites excluding steroid dienone is 1. The monoisotopic (exact) mass is 348 g/mol. The first-order valence-corrected chi connectivity index (χ1v) is 8.62. The zero-order valence-electron chi connectivity index (χ0n) is 15.9. The number of rotatable bonds is 3. The normalized spacial score (nSPS) is 15.6. The SMILES string of the molecule is COC(=O)c1ccc(N=Cc2ccc3c(c2)C(C)=CC(C)(C)N3C)cc1. The zero-order valence-corrected chi connectivity index (χ0v) is 15.9. The van der Waals surface area contributed by atoms with Gasteiger partial charge < -0.3 is 9.64 Å². The van der Waals surface area contributed by atoms with E-state index in [1.807, 2.05) is 18.3 Å². The molecule has 1 aliphatic rings. The minimum absolute atomic E-state index is 0.00801. The summed E-state index contributed by atoms with van der Waals surface area (Å²) in [6.07, 6.45) is 4.14. The van der Waals surface area contributed by atoms with Crippen LogP contribution in [-0.4, -0.2) is 31.9 Å². The van der Waals surface area contributed by atoms with Crippen LogP contribution in [0.25, 0.3) is 5.57 Å². The number of fused-ring (bicyclic) bond motifs is 1. The van der Waals surface area contributed by atoms with Crippen molar-refractivity contribution in [1.29, 1.82) is 0 Å². The maximum absolute atomic E-state index is 11.5. The Morgan fingerprint density at radius 2 is 1.85 bits per heavy atom. The molecule has 0 N–H and O–H groups in total. The molecule has 0 saturated heterocycles. The first-order chi connectivity index (χ1) is 12.3. The molecule has 0 spiro atoms. The minimum Gasteiger partial charge on any atom is -0.465 e. The highest BCUT2D eigenvalue weighted by atomic mass is 16.5. The van der Waals surface area contributed by atoms with Crippen LogP contribution in [-0.2, 0) is 4.74 Å². The Hall–Kier alpha value is -2.88. The highest BCUT2D eigenvalue weighted by Gasteiger charge is 2.28. The van der Waals surface area contributed by atoms with Gasteiger partial charge >= 0.3 is 5.97 Å². The summed E-state index contributed by atoms with van der Waals surface area (Å²) in [6, 6.07) is 13.4. The Morgan fingerprint density at radius 1 is 1.15 bits per heavy atom. The molecule has 134 valence electrons. The van der Waals surface area contributed by atoms with Crippen LogP contribution in [0, 0.1) is 0 Å². The summed E-state index contributed by atoms with van der Waals surface area (Å²) in [5, 5.41) is 0. The molecule has 0 fully saturated rings. The number of hydrogen-bond donors (Lipinski definition) is 0. The predicted octanol–water partition coefficient (Wildman–Crippen LogP) is 4.86. The van der Waals surface area contributed by atoms with E-state index >= 15 is 0 Å². The van der Waals surface area contributed by atoms with Crippen LogP contribution < -0.4 is 4.90 Å². The fraction of sp³-hybridized carbons (Fsp3) is 0.273. The summed E-state index contributed by atoms with van der Waals surface area (Å²) in [4.78, 5) is 18.3. The van der Waals surface area contributed by atoms with Crippen LogP contribution >= 0.6 is 0 Å². The van der Waals surface area contributed by atoms with Gasteiger partial charge in [-0.2, -0.15) is 0 Å². The lowest BCUT2D eigenvalue weighted by atomic mass is 9.89. The van der Waals surface area contributed by atoms with E-state index < -0.39 is 0 Å². The Balaban J connectivity index is 1.85. The number of esters is 1. The van der Waals surface area contributed by atoms with Crippen molar-refractivity contribution in [2.24, 2.45) is 4.99 Å². The van der Waals surface area contributed by atoms with Gasteiger partial charge in [0.15, 0.2) is 0 Å². The van der Waals surface area contributed by atoms with Crippen molar-refractivity contribution in [3.8, 4) is 0 Å². The molecule has 0 amide bonds. The third-order valence-corrected chi connectivity index (χ3v) is 4.89. The van der Waals surface area contributed by atoms with Crippen LogP contribution in [0.3, 0.4) is 0 Å². The van der Waals surface area contributed by atoms with E-state index in [2.05, 4.69) is 62.0 Å². The van der Waals surface area contributed by atoms with Gasteiger partial charge in [0.25, 0.3) is 0 Å². The Morgan fingerprint density at radius 3 is 2.50 bits per heavy atom. The minimum atomic E-state index is -0.343. The van der Waals surface area contributed by atoms with Gasteiger partial charge in [-0.1, -0.05) is 12.1 Å².